The molecule has 0 aromatic rings. The van der Waals surface area contributed by atoms with E-state index < -0.39 is 9.84 Å². The summed E-state index contributed by atoms with van der Waals surface area (Å²) in [6, 6.07) is 0. The molecule has 3 rings (SSSR count). The topological polar surface area (TPSA) is 71.0 Å². The average molecular weight is 499 g/mol. The normalized spacial score (nSPS) is 34.5. The van der Waals surface area contributed by atoms with Crippen LogP contribution in [0.1, 0.15) is 33.1 Å². The summed E-state index contributed by atoms with van der Waals surface area (Å²) in [7, 11) is -2.83. The average Bonchev–Trinajstić information content (AvgIpc) is 3.15. The minimum atomic E-state index is -2.83. The van der Waals surface area contributed by atoms with E-state index in [-0.39, 0.29) is 29.9 Å². The Morgan fingerprint density at radius 1 is 1.19 bits per heavy atom. The molecule has 6 nitrogen and oxygen atoms in total. The summed E-state index contributed by atoms with van der Waals surface area (Å²) in [4.78, 5) is 7.22. The molecule has 3 fully saturated rings. The van der Waals surface area contributed by atoms with Crippen LogP contribution in [0.25, 0.3) is 0 Å². The minimum Gasteiger partial charge on any atom is -0.381 e. The molecular formula is C18H34IN3O3S. The Morgan fingerprint density at radius 3 is 2.50 bits per heavy atom. The van der Waals surface area contributed by atoms with Crippen molar-refractivity contribution in [2.75, 3.05) is 50.9 Å². The molecule has 0 radical (unpaired) electrons. The van der Waals surface area contributed by atoms with Gasteiger partial charge in [-0.15, -0.1) is 24.0 Å². The first-order valence-corrected chi connectivity index (χ1v) is 11.5. The highest BCUT2D eigenvalue weighted by Gasteiger charge is 2.29. The van der Waals surface area contributed by atoms with Crippen molar-refractivity contribution >= 4 is 39.8 Å². The Balaban J connectivity index is 0.00000243. The van der Waals surface area contributed by atoms with Crippen LogP contribution in [0.4, 0.5) is 0 Å². The number of ether oxygens (including phenoxy) is 1. The number of sulfone groups is 1. The van der Waals surface area contributed by atoms with Crippen molar-refractivity contribution in [3.8, 4) is 0 Å². The summed E-state index contributed by atoms with van der Waals surface area (Å²) in [5.41, 5.74) is 0. The molecule has 3 heterocycles. The first-order valence-electron chi connectivity index (χ1n) is 9.72. The zero-order valence-corrected chi connectivity index (χ0v) is 19.2. The van der Waals surface area contributed by atoms with E-state index in [1.807, 2.05) is 0 Å². The molecule has 0 amide bonds. The number of nitrogens with one attached hydrogen (secondary N) is 1. The van der Waals surface area contributed by atoms with Gasteiger partial charge in [0.05, 0.1) is 18.1 Å². The van der Waals surface area contributed by atoms with Crippen molar-refractivity contribution in [2.45, 2.75) is 33.1 Å². The molecule has 8 heteroatoms. The number of halogens is 1. The summed E-state index contributed by atoms with van der Waals surface area (Å²) in [6.07, 6.45) is 3.12. The van der Waals surface area contributed by atoms with Gasteiger partial charge in [0, 0.05) is 38.7 Å². The molecule has 0 bridgehead atoms. The molecule has 3 aliphatic rings. The van der Waals surface area contributed by atoms with Gasteiger partial charge in [-0.25, -0.2) is 8.42 Å². The number of likely N-dealkylation sites (tertiary alicyclic amines) is 1. The Kier molecular flexibility index (Phi) is 8.46. The van der Waals surface area contributed by atoms with Crippen LogP contribution in [0.3, 0.4) is 0 Å². The van der Waals surface area contributed by atoms with Crippen LogP contribution < -0.4 is 5.32 Å². The lowest BCUT2D eigenvalue weighted by molar-refractivity contribution is 0.184. The van der Waals surface area contributed by atoms with E-state index in [1.54, 1.807) is 0 Å². The standard InChI is InChI=1S/C18H33N3O3S.HI/c1-14-7-15(2)11-21(10-14)18(19-8-16-3-5-24-12-16)20-9-17-4-6-25(22,23)13-17;/h14-17H,3-13H2,1-2H3,(H,19,20);1H. The second-order valence-electron chi connectivity index (χ2n) is 8.39. The fraction of sp³-hybridized carbons (Fsp3) is 0.944. The van der Waals surface area contributed by atoms with Gasteiger partial charge < -0.3 is 15.0 Å². The highest BCUT2D eigenvalue weighted by Crippen LogP contribution is 2.22. The van der Waals surface area contributed by atoms with Crippen molar-refractivity contribution in [3.63, 3.8) is 0 Å². The SMILES string of the molecule is CC1CC(C)CN(C(=NCC2CCS(=O)(=O)C2)NCC2CCOC2)C1.I. The van der Waals surface area contributed by atoms with Gasteiger partial charge in [0.15, 0.2) is 15.8 Å². The molecule has 152 valence electrons. The number of aliphatic imine (C=N–C) groups is 1. The van der Waals surface area contributed by atoms with E-state index in [2.05, 4.69) is 24.1 Å². The van der Waals surface area contributed by atoms with Gasteiger partial charge in [-0.05, 0) is 37.0 Å². The maximum atomic E-state index is 11.7. The van der Waals surface area contributed by atoms with Gasteiger partial charge in [0.2, 0.25) is 0 Å². The van der Waals surface area contributed by atoms with Crippen molar-refractivity contribution < 1.29 is 13.2 Å². The van der Waals surface area contributed by atoms with E-state index in [0.717, 1.165) is 51.6 Å². The molecule has 3 aliphatic heterocycles. The monoisotopic (exact) mass is 499 g/mol. The number of hydrogen-bond donors (Lipinski definition) is 1. The van der Waals surface area contributed by atoms with Crippen LogP contribution in [-0.2, 0) is 14.6 Å². The second-order valence-corrected chi connectivity index (χ2v) is 10.6. The molecule has 0 spiro atoms. The van der Waals surface area contributed by atoms with Crippen LogP contribution in [-0.4, -0.2) is 70.2 Å². The van der Waals surface area contributed by atoms with E-state index >= 15 is 0 Å². The fourth-order valence-electron chi connectivity index (χ4n) is 4.32. The Hall–Kier alpha value is -0.0900. The third-order valence-corrected chi connectivity index (χ3v) is 7.40. The minimum absolute atomic E-state index is 0. The van der Waals surface area contributed by atoms with Crippen molar-refractivity contribution in [1.82, 2.24) is 10.2 Å². The number of guanidine groups is 1. The predicted molar refractivity (Wildman–Crippen MR) is 116 cm³/mol. The van der Waals surface area contributed by atoms with E-state index in [4.69, 9.17) is 9.73 Å². The van der Waals surface area contributed by atoms with Crippen LogP contribution in [0.2, 0.25) is 0 Å². The third-order valence-electron chi connectivity index (χ3n) is 5.57. The largest absolute Gasteiger partial charge is 0.381 e. The zero-order valence-electron chi connectivity index (χ0n) is 16.0. The smallest absolute Gasteiger partial charge is 0.193 e. The maximum Gasteiger partial charge on any atom is 0.193 e. The summed E-state index contributed by atoms with van der Waals surface area (Å²) < 4.78 is 28.8. The number of nitrogens with zero attached hydrogens (tertiary/aromatic N) is 2. The number of rotatable bonds is 4. The van der Waals surface area contributed by atoms with E-state index in [1.165, 1.54) is 6.42 Å². The van der Waals surface area contributed by atoms with E-state index in [0.29, 0.717) is 35.8 Å². The van der Waals surface area contributed by atoms with Crippen molar-refractivity contribution in [2.24, 2.45) is 28.7 Å². The van der Waals surface area contributed by atoms with Gasteiger partial charge >= 0.3 is 0 Å². The molecule has 0 aromatic heterocycles. The maximum absolute atomic E-state index is 11.7. The van der Waals surface area contributed by atoms with Gasteiger partial charge in [-0.1, -0.05) is 13.8 Å². The van der Waals surface area contributed by atoms with Crippen LogP contribution in [0.5, 0.6) is 0 Å². The second kappa shape index (κ2) is 9.91. The van der Waals surface area contributed by atoms with Gasteiger partial charge in [0.25, 0.3) is 0 Å². The molecule has 4 atom stereocenters. The first kappa shape index (κ1) is 22.2. The summed E-state index contributed by atoms with van der Waals surface area (Å²) in [5, 5.41) is 3.56. The molecule has 0 aromatic carbocycles. The molecule has 0 saturated carbocycles. The summed E-state index contributed by atoms with van der Waals surface area (Å²) in [6.45, 7) is 9.84. The fourth-order valence-corrected chi connectivity index (χ4v) is 6.16. The van der Waals surface area contributed by atoms with Crippen molar-refractivity contribution in [1.29, 1.82) is 0 Å². The molecule has 0 aliphatic carbocycles. The summed E-state index contributed by atoms with van der Waals surface area (Å²) in [5.74, 6) is 3.65. The Labute approximate surface area is 175 Å². The molecule has 1 N–H and O–H groups in total. The Bertz CT molecular complexity index is 568. The van der Waals surface area contributed by atoms with Gasteiger partial charge in [0.1, 0.15) is 0 Å². The lowest BCUT2D eigenvalue weighted by atomic mass is 9.92. The predicted octanol–water partition coefficient (Wildman–Crippen LogP) is 2.00. The highest BCUT2D eigenvalue weighted by atomic mass is 127. The lowest BCUT2D eigenvalue weighted by Gasteiger charge is -2.37. The van der Waals surface area contributed by atoms with Crippen LogP contribution in [0.15, 0.2) is 4.99 Å². The highest BCUT2D eigenvalue weighted by molar-refractivity contribution is 14.0. The number of hydrogen-bond acceptors (Lipinski definition) is 4. The molecule has 26 heavy (non-hydrogen) atoms. The van der Waals surface area contributed by atoms with Gasteiger partial charge in [-0.2, -0.15) is 0 Å². The summed E-state index contributed by atoms with van der Waals surface area (Å²) >= 11 is 0. The molecule has 3 saturated heterocycles. The van der Waals surface area contributed by atoms with Gasteiger partial charge in [-0.3, -0.25) is 4.99 Å². The Morgan fingerprint density at radius 2 is 1.92 bits per heavy atom. The molecular weight excluding hydrogens is 465 g/mol. The van der Waals surface area contributed by atoms with Crippen LogP contribution >= 0.6 is 24.0 Å². The van der Waals surface area contributed by atoms with Crippen molar-refractivity contribution in [3.05, 3.63) is 0 Å². The first-order chi connectivity index (χ1) is 11.9. The van der Waals surface area contributed by atoms with E-state index in [9.17, 15) is 8.42 Å². The zero-order chi connectivity index (χ0) is 17.9. The third kappa shape index (κ3) is 6.51. The quantitative estimate of drug-likeness (QED) is 0.364. The molecule has 4 unspecified atom stereocenters. The lowest BCUT2D eigenvalue weighted by Crippen LogP contribution is -2.49. The van der Waals surface area contributed by atoms with Crippen LogP contribution in [0, 0.1) is 23.7 Å². The number of piperidine rings is 1.